The molecule has 1 saturated heterocycles. The van der Waals surface area contributed by atoms with Gasteiger partial charge in [-0.2, -0.15) is 0 Å². The minimum absolute atomic E-state index is 0.135. The van der Waals surface area contributed by atoms with Crippen LogP contribution in [0.25, 0.3) is 0 Å². The number of hydrogen-bond donors (Lipinski definition) is 0. The maximum absolute atomic E-state index is 15.4. The Balaban J connectivity index is 1.70. The molecule has 1 heterocycles. The minimum atomic E-state index is -1.81. The molecule has 0 amide bonds. The van der Waals surface area contributed by atoms with Crippen LogP contribution in [0.2, 0.25) is 0 Å². The van der Waals surface area contributed by atoms with Crippen LogP contribution in [-0.2, 0) is 0 Å². The molecular formula is C28H29F4NP2. The number of nitrogens with zero attached hydrogens (tertiary/aromatic N) is 1. The molecule has 2 aliphatic rings. The molecule has 3 aromatic rings. The van der Waals surface area contributed by atoms with E-state index in [0.717, 1.165) is 63.2 Å². The summed E-state index contributed by atoms with van der Waals surface area (Å²) < 4.78 is 62.2. The van der Waals surface area contributed by atoms with Crippen molar-refractivity contribution in [3.8, 4) is 0 Å². The smallest absolute Gasteiger partial charge is 0.168 e. The van der Waals surface area contributed by atoms with E-state index in [-0.39, 0.29) is 22.3 Å². The van der Waals surface area contributed by atoms with E-state index in [1.54, 1.807) is 12.1 Å². The summed E-state index contributed by atoms with van der Waals surface area (Å²) in [7, 11) is -2.62. The highest BCUT2D eigenvalue weighted by Gasteiger charge is 2.43. The fourth-order valence-corrected chi connectivity index (χ4v) is 12.9. The largest absolute Gasteiger partial charge is 0.249 e. The van der Waals surface area contributed by atoms with E-state index in [2.05, 4.69) is 16.6 Å². The molecule has 1 saturated carbocycles. The molecule has 0 bridgehead atoms. The van der Waals surface area contributed by atoms with E-state index in [4.69, 9.17) is 0 Å². The molecule has 0 aromatic heterocycles. The number of benzene rings is 3. The molecular weight excluding hydrogens is 488 g/mol. The normalized spacial score (nSPS) is 21.2. The molecule has 1 aliphatic heterocycles. The van der Waals surface area contributed by atoms with Crippen LogP contribution in [-0.4, -0.2) is 16.6 Å². The van der Waals surface area contributed by atoms with Gasteiger partial charge < -0.3 is 0 Å². The van der Waals surface area contributed by atoms with E-state index in [9.17, 15) is 8.78 Å². The zero-order valence-corrected chi connectivity index (χ0v) is 21.3. The van der Waals surface area contributed by atoms with Gasteiger partial charge in [0.1, 0.15) is 0 Å². The second-order valence-electron chi connectivity index (χ2n) is 9.30. The third-order valence-corrected chi connectivity index (χ3v) is 13.6. The molecule has 2 fully saturated rings. The molecule has 0 radical (unpaired) electrons. The van der Waals surface area contributed by atoms with E-state index >= 15 is 8.78 Å². The summed E-state index contributed by atoms with van der Waals surface area (Å²) in [6.45, 7) is 0. The minimum Gasteiger partial charge on any atom is -0.249 e. The average molecular weight is 517 g/mol. The van der Waals surface area contributed by atoms with Crippen LogP contribution in [0.15, 0.2) is 66.7 Å². The van der Waals surface area contributed by atoms with Crippen molar-refractivity contribution in [3.63, 3.8) is 0 Å². The van der Waals surface area contributed by atoms with Crippen LogP contribution in [0.1, 0.15) is 56.2 Å². The van der Waals surface area contributed by atoms with E-state index in [1.165, 1.54) is 17.7 Å². The van der Waals surface area contributed by atoms with Crippen LogP contribution >= 0.6 is 16.1 Å². The lowest BCUT2D eigenvalue weighted by atomic mass is 9.96. The second-order valence-corrected chi connectivity index (χ2v) is 14.0. The Bertz CT molecular complexity index is 1100. The van der Waals surface area contributed by atoms with Crippen molar-refractivity contribution in [1.82, 2.24) is 4.44 Å². The summed E-state index contributed by atoms with van der Waals surface area (Å²) >= 11 is 0. The van der Waals surface area contributed by atoms with Crippen LogP contribution in [0.3, 0.4) is 0 Å². The monoisotopic (exact) mass is 517 g/mol. The summed E-state index contributed by atoms with van der Waals surface area (Å²) in [5, 5.41) is 0.299. The number of halogens is 4. The number of hydrogen-bond acceptors (Lipinski definition) is 1. The highest BCUT2D eigenvalue weighted by molar-refractivity contribution is 7.79. The quantitative estimate of drug-likeness (QED) is 0.236. The average Bonchev–Trinajstić information content (AvgIpc) is 3.37. The van der Waals surface area contributed by atoms with Gasteiger partial charge in [0.15, 0.2) is 23.3 Å². The standard InChI is InChI=1S/C28H29F4NP2/c29-22-14-7-16-25(27(22)31)35(26-17-8-15-23(30)28(26)32)33(21-12-5-2-6-13-21)34-19-9-18-24(34)20-10-3-1-4-11-20/h1,3-4,7-8,10-11,14-17,21,24H,2,5-6,9,12-13,18-19H2. The summed E-state index contributed by atoms with van der Waals surface area (Å²) in [5.41, 5.74) is 1.51. The summed E-state index contributed by atoms with van der Waals surface area (Å²) in [6, 6.07) is 18.7. The maximum Gasteiger partial charge on any atom is 0.168 e. The van der Waals surface area contributed by atoms with Crippen molar-refractivity contribution in [2.24, 2.45) is 0 Å². The highest BCUT2D eigenvalue weighted by atomic mass is 31.2. The van der Waals surface area contributed by atoms with Gasteiger partial charge >= 0.3 is 0 Å². The molecule has 0 N–H and O–H groups in total. The van der Waals surface area contributed by atoms with Gasteiger partial charge in [0.2, 0.25) is 0 Å². The first-order valence-electron chi connectivity index (χ1n) is 12.3. The lowest BCUT2D eigenvalue weighted by Crippen LogP contribution is -2.37. The lowest BCUT2D eigenvalue weighted by molar-refractivity contribution is 0.352. The van der Waals surface area contributed by atoms with Crippen molar-refractivity contribution in [2.45, 2.75) is 56.6 Å². The number of rotatable bonds is 6. The molecule has 1 aliphatic carbocycles. The SMILES string of the molecule is Fc1cccc(P(c2cccc(F)c2F)N(C2CCCCC2)P2CCCC2c2ccccc2)c1F. The summed E-state index contributed by atoms with van der Waals surface area (Å²) in [6.07, 6.45) is 8.14. The molecule has 5 rings (SSSR count). The summed E-state index contributed by atoms with van der Waals surface area (Å²) in [5.74, 6) is -3.80. The van der Waals surface area contributed by atoms with E-state index in [0.29, 0.717) is 0 Å². The summed E-state index contributed by atoms with van der Waals surface area (Å²) in [4.78, 5) is 0. The molecule has 7 heteroatoms. The van der Waals surface area contributed by atoms with Gasteiger partial charge in [-0.1, -0.05) is 61.7 Å². The molecule has 2 unspecified atom stereocenters. The van der Waals surface area contributed by atoms with Crippen molar-refractivity contribution < 1.29 is 17.6 Å². The first kappa shape index (κ1) is 24.9. The zero-order valence-electron chi connectivity index (χ0n) is 19.5. The Morgan fingerprint density at radius 3 is 1.86 bits per heavy atom. The van der Waals surface area contributed by atoms with E-state index in [1.807, 2.05) is 18.2 Å². The molecule has 35 heavy (non-hydrogen) atoms. The predicted octanol–water partition coefficient (Wildman–Crippen LogP) is 8.16. The Morgan fingerprint density at radius 2 is 1.26 bits per heavy atom. The predicted molar refractivity (Wildman–Crippen MR) is 138 cm³/mol. The van der Waals surface area contributed by atoms with Crippen molar-refractivity contribution in [3.05, 3.63) is 95.6 Å². The van der Waals surface area contributed by atoms with Crippen LogP contribution in [0.4, 0.5) is 17.6 Å². The van der Waals surface area contributed by atoms with Gasteiger partial charge in [-0.25, -0.2) is 22.0 Å². The third kappa shape index (κ3) is 5.06. The van der Waals surface area contributed by atoms with Gasteiger partial charge in [-0.05, 0) is 69.7 Å². The first-order chi connectivity index (χ1) is 17.1. The third-order valence-electron chi connectivity index (χ3n) is 7.10. The van der Waals surface area contributed by atoms with E-state index < -0.39 is 39.4 Å². The zero-order chi connectivity index (χ0) is 24.4. The Hall–Kier alpha value is -1.80. The maximum atomic E-state index is 15.4. The highest BCUT2D eigenvalue weighted by Crippen LogP contribution is 2.69. The van der Waals surface area contributed by atoms with Crippen LogP contribution in [0, 0.1) is 23.3 Å². The van der Waals surface area contributed by atoms with Gasteiger partial charge in [0.25, 0.3) is 0 Å². The van der Waals surface area contributed by atoms with Crippen molar-refractivity contribution in [2.75, 3.05) is 6.16 Å². The second kappa shape index (κ2) is 11.1. The molecule has 3 aromatic carbocycles. The molecule has 1 nitrogen and oxygen atoms in total. The van der Waals surface area contributed by atoms with Gasteiger partial charge in [0.05, 0.1) is 0 Å². The topological polar surface area (TPSA) is 3.24 Å². The van der Waals surface area contributed by atoms with Gasteiger partial charge in [0, 0.05) is 30.4 Å². The Morgan fingerprint density at radius 1 is 0.657 bits per heavy atom. The Labute approximate surface area is 207 Å². The van der Waals surface area contributed by atoms with Gasteiger partial charge in [-0.3, -0.25) is 0 Å². The fraction of sp³-hybridized carbons (Fsp3) is 0.357. The van der Waals surface area contributed by atoms with Crippen LogP contribution < -0.4 is 10.6 Å². The fourth-order valence-electron chi connectivity index (χ4n) is 5.47. The van der Waals surface area contributed by atoms with Gasteiger partial charge in [-0.15, -0.1) is 0 Å². The molecule has 184 valence electrons. The van der Waals surface area contributed by atoms with Crippen LogP contribution in [0.5, 0.6) is 0 Å². The molecule has 0 spiro atoms. The lowest BCUT2D eigenvalue weighted by Gasteiger charge is -2.46. The molecule has 2 atom stereocenters. The van der Waals surface area contributed by atoms with Crippen molar-refractivity contribution in [1.29, 1.82) is 0 Å². The Kier molecular flexibility index (Phi) is 7.87. The first-order valence-corrected chi connectivity index (χ1v) is 15.2. The van der Waals surface area contributed by atoms with Crippen molar-refractivity contribution >= 4 is 26.8 Å².